The molecule has 0 unspecified atom stereocenters. The molecule has 4 aromatic carbocycles. The minimum absolute atomic E-state index is 0.00672. The number of rotatable bonds is 5. The van der Waals surface area contributed by atoms with Gasteiger partial charge in [-0.15, -0.1) is 0 Å². The predicted molar refractivity (Wildman–Crippen MR) is 245 cm³/mol. The van der Waals surface area contributed by atoms with Gasteiger partial charge in [-0.1, -0.05) is 132 Å². The quantitative estimate of drug-likeness (QED) is 0.175. The molecule has 4 heterocycles. The minimum Gasteiger partial charge on any atom is -0.457 e. The van der Waals surface area contributed by atoms with E-state index in [9.17, 15) is 0 Å². The molecule has 0 saturated heterocycles. The third-order valence-electron chi connectivity index (χ3n) is 11.7. The van der Waals surface area contributed by atoms with Crippen LogP contribution in [0.1, 0.15) is 116 Å². The van der Waals surface area contributed by atoms with E-state index in [0.717, 1.165) is 40.6 Å². The fourth-order valence-corrected chi connectivity index (χ4v) is 8.52. The molecule has 5 nitrogen and oxygen atoms in total. The van der Waals surface area contributed by atoms with Crippen LogP contribution in [0, 0.1) is 6.92 Å². The van der Waals surface area contributed by atoms with Crippen molar-refractivity contribution in [1.82, 2.24) is 14.5 Å². The lowest BCUT2D eigenvalue weighted by molar-refractivity contribution is 0.478. The summed E-state index contributed by atoms with van der Waals surface area (Å²) >= 11 is 0. The van der Waals surface area contributed by atoms with Crippen LogP contribution in [-0.2, 0) is 21.7 Å². The van der Waals surface area contributed by atoms with E-state index < -0.39 is 0 Å². The number of nitrogens with zero attached hydrogens (tertiary/aromatic N) is 4. The van der Waals surface area contributed by atoms with Crippen molar-refractivity contribution < 1.29 is 4.74 Å². The van der Waals surface area contributed by atoms with Gasteiger partial charge in [0.25, 0.3) is 0 Å². The van der Waals surface area contributed by atoms with Gasteiger partial charge in [-0.3, -0.25) is 4.57 Å². The Bertz CT molecular complexity index is 2640. The van der Waals surface area contributed by atoms with Crippen molar-refractivity contribution >= 4 is 33.2 Å². The lowest BCUT2D eigenvalue weighted by Crippen LogP contribution is -2.30. The van der Waals surface area contributed by atoms with Crippen molar-refractivity contribution in [2.45, 2.75) is 112 Å². The van der Waals surface area contributed by atoms with E-state index >= 15 is 0 Å². The number of benzene rings is 4. The Morgan fingerprint density at radius 2 is 1.33 bits per heavy atom. The second-order valence-electron chi connectivity index (χ2n) is 20.4. The highest BCUT2D eigenvalue weighted by Crippen LogP contribution is 2.47. The Labute approximate surface area is 346 Å². The normalized spacial score (nSPS) is 15.0. The van der Waals surface area contributed by atoms with Gasteiger partial charge in [0.2, 0.25) is 0 Å². The second-order valence-corrected chi connectivity index (χ2v) is 20.4. The molecule has 0 aliphatic carbocycles. The first-order chi connectivity index (χ1) is 27.2. The summed E-state index contributed by atoms with van der Waals surface area (Å²) in [5.74, 6) is 3.68. The standard InChI is InChI=1S/C53H60N4O/c1-34-18-16-19-41-40-24-23-38(32-44(40)57(48(34)41)46-31-36(25-26-54-46)50(2,3)4)58-39-29-35(28-37(30-39)51(5,6)7)45-33-56(47-22-14-15-27-55(45)47)49-42(52(8,9)10)20-17-21-43(49)53(11,12)13/h14-26,28-33H,27H2,1-13H3. The van der Waals surface area contributed by atoms with E-state index in [0.29, 0.717) is 0 Å². The molecule has 298 valence electrons. The van der Waals surface area contributed by atoms with Crippen LogP contribution < -0.4 is 9.64 Å². The number of fused-ring (bicyclic) bond motifs is 4. The van der Waals surface area contributed by atoms with Crippen LogP contribution in [0.25, 0.3) is 33.3 Å². The first kappa shape index (κ1) is 39.3. The zero-order valence-corrected chi connectivity index (χ0v) is 36.9. The van der Waals surface area contributed by atoms with Crippen LogP contribution in [0.5, 0.6) is 11.5 Å². The summed E-state index contributed by atoms with van der Waals surface area (Å²) in [7, 11) is 0. The lowest BCUT2D eigenvalue weighted by Gasteiger charge is -2.36. The Kier molecular flexibility index (Phi) is 9.34. The van der Waals surface area contributed by atoms with Crippen molar-refractivity contribution in [2.75, 3.05) is 11.4 Å². The number of aryl methyl sites for hydroxylation is 1. The number of pyridine rings is 1. The number of aromatic nitrogens is 2. The third kappa shape index (κ3) is 7.03. The Morgan fingerprint density at radius 1 is 0.638 bits per heavy atom. The van der Waals surface area contributed by atoms with Crippen LogP contribution in [0.3, 0.4) is 0 Å². The lowest BCUT2D eigenvalue weighted by atomic mass is 9.78. The molecule has 58 heavy (non-hydrogen) atoms. The highest BCUT2D eigenvalue weighted by atomic mass is 16.5. The van der Waals surface area contributed by atoms with E-state index in [4.69, 9.17) is 9.72 Å². The largest absolute Gasteiger partial charge is 0.457 e. The molecule has 0 N–H and O–H groups in total. The topological polar surface area (TPSA) is 33.5 Å². The first-order valence-electron chi connectivity index (χ1n) is 20.8. The van der Waals surface area contributed by atoms with Crippen molar-refractivity contribution in [1.29, 1.82) is 0 Å². The number of ether oxygens (including phenoxy) is 1. The zero-order chi connectivity index (χ0) is 41.5. The average molecular weight is 769 g/mol. The van der Waals surface area contributed by atoms with Gasteiger partial charge in [-0.05, 0) is 105 Å². The summed E-state index contributed by atoms with van der Waals surface area (Å²) in [6.07, 6.45) is 11.0. The molecule has 2 aliphatic heterocycles. The fraction of sp³-hybridized carbons (Fsp3) is 0.340. The maximum atomic E-state index is 6.97. The number of allylic oxidation sites excluding steroid dienone is 2. The van der Waals surface area contributed by atoms with Gasteiger partial charge in [0.05, 0.1) is 22.4 Å². The van der Waals surface area contributed by atoms with E-state index in [1.165, 1.54) is 55.6 Å². The summed E-state index contributed by atoms with van der Waals surface area (Å²) in [6.45, 7) is 30.5. The minimum atomic E-state index is -0.108. The highest BCUT2D eigenvalue weighted by molar-refractivity contribution is 6.10. The summed E-state index contributed by atoms with van der Waals surface area (Å²) < 4.78 is 9.29. The van der Waals surface area contributed by atoms with Gasteiger partial charge in [0, 0.05) is 41.3 Å². The maximum absolute atomic E-state index is 6.97. The van der Waals surface area contributed by atoms with Gasteiger partial charge >= 0.3 is 0 Å². The second kappa shape index (κ2) is 13.8. The van der Waals surface area contributed by atoms with Gasteiger partial charge in [0.1, 0.15) is 23.1 Å². The van der Waals surface area contributed by atoms with Crippen LogP contribution in [-0.4, -0.2) is 21.0 Å². The van der Waals surface area contributed by atoms with Gasteiger partial charge in [0.15, 0.2) is 0 Å². The van der Waals surface area contributed by atoms with Crippen LogP contribution in [0.4, 0.5) is 5.69 Å². The van der Waals surface area contributed by atoms with Gasteiger partial charge in [-0.25, -0.2) is 4.98 Å². The molecule has 0 fully saturated rings. The molecule has 6 aromatic rings. The summed E-state index contributed by atoms with van der Waals surface area (Å²) in [4.78, 5) is 9.83. The van der Waals surface area contributed by atoms with Crippen molar-refractivity contribution in [3.8, 4) is 17.3 Å². The number of para-hydroxylation sites is 2. The van der Waals surface area contributed by atoms with Crippen LogP contribution >= 0.6 is 0 Å². The summed E-state index contributed by atoms with van der Waals surface area (Å²) in [5.41, 5.74) is 11.9. The third-order valence-corrected chi connectivity index (χ3v) is 11.7. The van der Waals surface area contributed by atoms with Crippen LogP contribution in [0.2, 0.25) is 0 Å². The zero-order valence-electron chi connectivity index (χ0n) is 36.9. The summed E-state index contributed by atoms with van der Waals surface area (Å²) in [6, 6.07) is 31.1. The molecule has 2 aromatic heterocycles. The number of hydrogen-bond acceptors (Lipinski definition) is 4. The SMILES string of the molecule is Cc1cccc2c3ccc(Oc4cc(C5=CN(c6c(C(C)(C)C)cccc6C(C)(C)C)C6=CC=CCN56)cc(C(C)(C)C)c4)cc3n(-c3cc(C(C)(C)C)ccn3)c12. The van der Waals surface area contributed by atoms with Crippen LogP contribution in [0.15, 0.2) is 121 Å². The van der Waals surface area contributed by atoms with Crippen molar-refractivity contribution in [3.63, 3.8) is 0 Å². The molecule has 0 radical (unpaired) electrons. The van der Waals surface area contributed by atoms with E-state index in [-0.39, 0.29) is 21.7 Å². The number of anilines is 1. The molecule has 5 heteroatoms. The average Bonchev–Trinajstić information content (AvgIpc) is 3.70. The fourth-order valence-electron chi connectivity index (χ4n) is 8.52. The van der Waals surface area contributed by atoms with Gasteiger partial charge in [-0.2, -0.15) is 0 Å². The smallest absolute Gasteiger partial charge is 0.137 e. The maximum Gasteiger partial charge on any atom is 0.137 e. The van der Waals surface area contributed by atoms with Gasteiger partial charge < -0.3 is 14.5 Å². The molecule has 0 spiro atoms. The monoisotopic (exact) mass is 768 g/mol. The molecular formula is C53H60N4O. The van der Waals surface area contributed by atoms with Crippen molar-refractivity contribution in [3.05, 3.63) is 155 Å². The molecule has 0 amide bonds. The van der Waals surface area contributed by atoms with E-state index in [1.807, 2.05) is 6.20 Å². The molecule has 0 saturated carbocycles. The molecule has 8 rings (SSSR count). The molecule has 2 aliphatic rings. The molecule has 0 bridgehead atoms. The molecular weight excluding hydrogens is 709 g/mol. The van der Waals surface area contributed by atoms with E-state index in [1.54, 1.807) is 0 Å². The number of hydrogen-bond donors (Lipinski definition) is 0. The molecule has 0 atom stereocenters. The Balaban J connectivity index is 1.28. The van der Waals surface area contributed by atoms with E-state index in [2.05, 4.69) is 214 Å². The van der Waals surface area contributed by atoms with Crippen molar-refractivity contribution in [2.24, 2.45) is 0 Å². The Hall–Kier alpha value is -5.55. The Morgan fingerprint density at radius 3 is 2.00 bits per heavy atom. The summed E-state index contributed by atoms with van der Waals surface area (Å²) in [5, 5.41) is 2.39. The predicted octanol–water partition coefficient (Wildman–Crippen LogP) is 14.0. The first-order valence-corrected chi connectivity index (χ1v) is 20.8. The highest BCUT2D eigenvalue weighted by Gasteiger charge is 2.36.